The van der Waals surface area contributed by atoms with E-state index < -0.39 is 0 Å². The number of thiazole rings is 1. The van der Waals surface area contributed by atoms with Crippen molar-refractivity contribution in [3.05, 3.63) is 50.6 Å². The number of halogens is 2. The summed E-state index contributed by atoms with van der Waals surface area (Å²) in [5.74, 6) is -0.209. The second kappa shape index (κ2) is 5.47. The first kappa shape index (κ1) is 13.6. The van der Waals surface area contributed by atoms with Crippen molar-refractivity contribution in [3.8, 4) is 0 Å². The summed E-state index contributed by atoms with van der Waals surface area (Å²) in [6, 6.07) is 6.67. The van der Waals surface area contributed by atoms with Crippen molar-refractivity contribution in [2.75, 3.05) is 0 Å². The first-order valence-electron chi connectivity index (χ1n) is 5.59. The minimum absolute atomic E-state index is 0.209. The summed E-state index contributed by atoms with van der Waals surface area (Å²) in [7, 11) is 0. The van der Waals surface area contributed by atoms with Crippen molar-refractivity contribution in [2.24, 2.45) is 0 Å². The summed E-state index contributed by atoms with van der Waals surface area (Å²) in [6.45, 7) is 4.73. The number of nitrogens with one attached hydrogen (secondary N) is 1. The Morgan fingerprint density at radius 2 is 2.22 bits per heavy atom. The van der Waals surface area contributed by atoms with Gasteiger partial charge in [-0.05, 0) is 47.5 Å². The van der Waals surface area contributed by atoms with E-state index in [2.05, 4.69) is 26.2 Å². The van der Waals surface area contributed by atoms with Gasteiger partial charge in [0, 0.05) is 12.1 Å². The normalized spacial score (nSPS) is 11.8. The molecule has 0 spiro atoms. The van der Waals surface area contributed by atoms with Crippen molar-refractivity contribution in [1.29, 1.82) is 0 Å². The molecule has 0 atom stereocenters. The second-order valence-corrected chi connectivity index (χ2v) is 7.04. The van der Waals surface area contributed by atoms with Crippen LogP contribution in [0.25, 0.3) is 0 Å². The molecule has 1 aromatic heterocycles. The molecule has 2 rings (SSSR count). The van der Waals surface area contributed by atoms with Crippen molar-refractivity contribution >= 4 is 27.3 Å². The van der Waals surface area contributed by atoms with Gasteiger partial charge in [-0.3, -0.25) is 0 Å². The lowest BCUT2D eigenvalue weighted by Crippen LogP contribution is -2.36. The summed E-state index contributed by atoms with van der Waals surface area (Å²) >= 11 is 4.98. The van der Waals surface area contributed by atoms with E-state index in [0.29, 0.717) is 6.54 Å². The molecule has 18 heavy (non-hydrogen) atoms. The van der Waals surface area contributed by atoms with Crippen molar-refractivity contribution in [1.82, 2.24) is 10.3 Å². The first-order valence-corrected chi connectivity index (χ1v) is 7.19. The maximum absolute atomic E-state index is 13.2. The fourth-order valence-electron chi connectivity index (χ4n) is 1.65. The Morgan fingerprint density at radius 1 is 1.44 bits per heavy atom. The molecule has 0 bridgehead atoms. The van der Waals surface area contributed by atoms with E-state index >= 15 is 0 Å². The molecular weight excluding hydrogens is 315 g/mol. The van der Waals surface area contributed by atoms with Crippen LogP contribution in [0, 0.1) is 5.82 Å². The molecule has 96 valence electrons. The molecular formula is C13H14BrFN2S. The van der Waals surface area contributed by atoms with E-state index in [0.717, 1.165) is 14.4 Å². The number of hydrogen-bond acceptors (Lipinski definition) is 3. The van der Waals surface area contributed by atoms with Crippen LogP contribution in [0.2, 0.25) is 0 Å². The third-order valence-electron chi connectivity index (χ3n) is 2.75. The predicted octanol–water partition coefficient (Wildman–Crippen LogP) is 4.07. The van der Waals surface area contributed by atoms with Crippen LogP contribution in [0.15, 0.2) is 34.2 Å². The molecule has 0 radical (unpaired) electrons. The molecule has 1 aromatic carbocycles. The van der Waals surface area contributed by atoms with Crippen LogP contribution in [-0.4, -0.2) is 4.98 Å². The molecule has 0 unspecified atom stereocenters. The van der Waals surface area contributed by atoms with Crippen molar-refractivity contribution < 1.29 is 4.39 Å². The van der Waals surface area contributed by atoms with Crippen LogP contribution in [0.1, 0.15) is 24.4 Å². The van der Waals surface area contributed by atoms with Gasteiger partial charge >= 0.3 is 0 Å². The SMILES string of the molecule is CC(C)(NCc1ncc(Br)s1)c1cccc(F)c1. The van der Waals surface area contributed by atoms with Gasteiger partial charge in [-0.25, -0.2) is 9.37 Å². The zero-order valence-corrected chi connectivity index (χ0v) is 12.6. The summed E-state index contributed by atoms with van der Waals surface area (Å²) in [6.07, 6.45) is 1.79. The number of hydrogen-bond donors (Lipinski definition) is 1. The van der Waals surface area contributed by atoms with Gasteiger partial charge < -0.3 is 5.32 Å². The molecule has 2 nitrogen and oxygen atoms in total. The third-order valence-corrected chi connectivity index (χ3v) is 4.23. The highest BCUT2D eigenvalue weighted by Crippen LogP contribution is 2.23. The molecule has 5 heteroatoms. The van der Waals surface area contributed by atoms with E-state index in [1.807, 2.05) is 19.9 Å². The number of nitrogens with zero attached hydrogens (tertiary/aromatic N) is 1. The third kappa shape index (κ3) is 3.37. The minimum Gasteiger partial charge on any atom is -0.301 e. The van der Waals surface area contributed by atoms with Gasteiger partial charge in [0.1, 0.15) is 10.8 Å². The van der Waals surface area contributed by atoms with E-state index in [1.54, 1.807) is 29.7 Å². The van der Waals surface area contributed by atoms with Crippen LogP contribution >= 0.6 is 27.3 Å². The zero-order chi connectivity index (χ0) is 13.2. The molecule has 0 aliphatic carbocycles. The standard InChI is InChI=1S/C13H14BrFN2S/c1-13(2,9-4-3-5-10(15)6-9)17-8-12-16-7-11(14)18-12/h3-7,17H,8H2,1-2H3. The lowest BCUT2D eigenvalue weighted by Gasteiger charge is -2.26. The van der Waals surface area contributed by atoms with E-state index in [4.69, 9.17) is 0 Å². The van der Waals surface area contributed by atoms with Gasteiger partial charge in [0.05, 0.1) is 9.98 Å². The van der Waals surface area contributed by atoms with E-state index in [-0.39, 0.29) is 11.4 Å². The fraction of sp³-hybridized carbons (Fsp3) is 0.308. The highest BCUT2D eigenvalue weighted by Gasteiger charge is 2.20. The van der Waals surface area contributed by atoms with Crippen LogP contribution in [-0.2, 0) is 12.1 Å². The maximum atomic E-state index is 13.2. The average molecular weight is 329 g/mol. The van der Waals surface area contributed by atoms with E-state index in [9.17, 15) is 4.39 Å². The monoisotopic (exact) mass is 328 g/mol. The van der Waals surface area contributed by atoms with Crippen LogP contribution in [0.5, 0.6) is 0 Å². The Kier molecular flexibility index (Phi) is 4.14. The molecule has 0 saturated carbocycles. The highest BCUT2D eigenvalue weighted by molar-refractivity contribution is 9.11. The average Bonchev–Trinajstić information content (AvgIpc) is 2.73. The quantitative estimate of drug-likeness (QED) is 0.915. The zero-order valence-electron chi connectivity index (χ0n) is 10.2. The molecule has 0 aliphatic rings. The van der Waals surface area contributed by atoms with Crippen LogP contribution in [0.4, 0.5) is 4.39 Å². The Balaban J connectivity index is 2.07. The summed E-state index contributed by atoms with van der Waals surface area (Å²) < 4.78 is 14.2. The molecule has 2 aromatic rings. The molecule has 0 saturated heterocycles. The largest absolute Gasteiger partial charge is 0.301 e. The fourth-order valence-corrected chi connectivity index (χ4v) is 2.89. The lowest BCUT2D eigenvalue weighted by atomic mass is 9.94. The summed E-state index contributed by atoms with van der Waals surface area (Å²) in [5, 5.41) is 4.40. The second-order valence-electron chi connectivity index (χ2n) is 4.55. The van der Waals surface area contributed by atoms with Gasteiger partial charge in [0.25, 0.3) is 0 Å². The molecule has 0 amide bonds. The first-order chi connectivity index (χ1) is 8.47. The van der Waals surface area contributed by atoms with Gasteiger partial charge in [0.15, 0.2) is 0 Å². The van der Waals surface area contributed by atoms with Gasteiger partial charge in [-0.15, -0.1) is 11.3 Å². The Morgan fingerprint density at radius 3 is 2.83 bits per heavy atom. The summed E-state index contributed by atoms with van der Waals surface area (Å²) in [5.41, 5.74) is 0.637. The number of rotatable bonds is 4. The van der Waals surface area contributed by atoms with E-state index in [1.165, 1.54) is 6.07 Å². The van der Waals surface area contributed by atoms with Crippen molar-refractivity contribution in [3.63, 3.8) is 0 Å². The Labute approximate surface area is 118 Å². The topological polar surface area (TPSA) is 24.9 Å². The lowest BCUT2D eigenvalue weighted by molar-refractivity contribution is 0.398. The summed E-state index contributed by atoms with van der Waals surface area (Å²) in [4.78, 5) is 4.27. The number of benzene rings is 1. The minimum atomic E-state index is -0.291. The predicted molar refractivity (Wildman–Crippen MR) is 76.1 cm³/mol. The molecule has 1 heterocycles. The molecule has 0 fully saturated rings. The van der Waals surface area contributed by atoms with Crippen LogP contribution < -0.4 is 5.32 Å². The molecule has 1 N–H and O–H groups in total. The Hall–Kier alpha value is -0.780. The smallest absolute Gasteiger partial charge is 0.123 e. The molecule has 0 aliphatic heterocycles. The maximum Gasteiger partial charge on any atom is 0.123 e. The Bertz CT molecular complexity index is 539. The van der Waals surface area contributed by atoms with Gasteiger partial charge in [-0.1, -0.05) is 12.1 Å². The highest BCUT2D eigenvalue weighted by atomic mass is 79.9. The van der Waals surface area contributed by atoms with Crippen molar-refractivity contribution in [2.45, 2.75) is 25.9 Å². The van der Waals surface area contributed by atoms with Gasteiger partial charge in [0.2, 0.25) is 0 Å². The van der Waals surface area contributed by atoms with Gasteiger partial charge in [-0.2, -0.15) is 0 Å². The van der Waals surface area contributed by atoms with Crippen LogP contribution in [0.3, 0.4) is 0 Å². The number of aromatic nitrogens is 1.